The predicted octanol–water partition coefficient (Wildman–Crippen LogP) is 0.0506. The van der Waals surface area contributed by atoms with Crippen molar-refractivity contribution in [3.63, 3.8) is 0 Å². The van der Waals surface area contributed by atoms with Gasteiger partial charge in [-0.3, -0.25) is 0 Å². The van der Waals surface area contributed by atoms with Gasteiger partial charge in [-0.2, -0.15) is 13.2 Å². The number of esters is 1. The summed E-state index contributed by atoms with van der Waals surface area (Å²) in [5.74, 6) is -2.20. The first kappa shape index (κ1) is 9.22. The highest BCUT2D eigenvalue weighted by atomic mass is 19.4. The van der Waals surface area contributed by atoms with E-state index in [1.54, 1.807) is 0 Å². The van der Waals surface area contributed by atoms with Gasteiger partial charge in [-0.25, -0.2) is 4.79 Å². The Balaban J connectivity index is 3.64. The summed E-state index contributed by atoms with van der Waals surface area (Å²) in [4.78, 5) is 9.82. The molecule has 3 nitrogen and oxygen atoms in total. The Hall–Kier alpha value is -0.780. The lowest BCUT2D eigenvalue weighted by Gasteiger charge is -2.04. The van der Waals surface area contributed by atoms with E-state index in [9.17, 15) is 18.0 Å². The van der Waals surface area contributed by atoms with Gasteiger partial charge in [0.05, 0.1) is 0 Å². The van der Waals surface area contributed by atoms with E-state index in [2.05, 4.69) is 4.74 Å². The van der Waals surface area contributed by atoms with Crippen molar-refractivity contribution < 1.29 is 22.7 Å². The molecule has 0 atom stereocenters. The lowest BCUT2D eigenvalue weighted by atomic mass is 10.6. The van der Waals surface area contributed by atoms with Crippen LogP contribution in [0.1, 0.15) is 0 Å². The van der Waals surface area contributed by atoms with E-state index in [4.69, 9.17) is 5.73 Å². The molecule has 2 N–H and O–H groups in total. The topological polar surface area (TPSA) is 52.3 Å². The van der Waals surface area contributed by atoms with Gasteiger partial charge in [0, 0.05) is 6.54 Å². The highest BCUT2D eigenvalue weighted by Gasteiger charge is 2.40. The van der Waals surface area contributed by atoms with Crippen LogP contribution in [0.2, 0.25) is 0 Å². The van der Waals surface area contributed by atoms with Gasteiger partial charge >= 0.3 is 12.1 Å². The number of halogens is 3. The first-order valence-electron chi connectivity index (χ1n) is 2.42. The van der Waals surface area contributed by atoms with Crippen LogP contribution in [0.25, 0.3) is 0 Å². The van der Waals surface area contributed by atoms with Gasteiger partial charge in [0.2, 0.25) is 0 Å². The lowest BCUT2D eigenvalue weighted by molar-refractivity contribution is -0.199. The quantitative estimate of drug-likeness (QED) is 0.576. The monoisotopic (exact) mass is 157 g/mol. The molecular weight excluding hydrogens is 151 g/mol. The number of carbonyl (C=O) groups excluding carboxylic acids is 1. The van der Waals surface area contributed by atoms with E-state index < -0.39 is 18.8 Å². The molecule has 0 aromatic rings. The van der Waals surface area contributed by atoms with Crippen molar-refractivity contribution in [1.82, 2.24) is 0 Å². The maximum Gasteiger partial charge on any atom is 0.490 e. The molecule has 0 bridgehead atoms. The molecule has 60 valence electrons. The van der Waals surface area contributed by atoms with Crippen LogP contribution in [0.5, 0.6) is 0 Å². The molecule has 0 heterocycles. The zero-order chi connectivity index (χ0) is 8.20. The highest BCUT2D eigenvalue weighted by Crippen LogP contribution is 2.15. The number of alkyl halides is 3. The molecule has 6 heteroatoms. The summed E-state index contributed by atoms with van der Waals surface area (Å²) in [6, 6.07) is 0. The molecule has 0 fully saturated rings. The van der Waals surface area contributed by atoms with E-state index >= 15 is 0 Å². The van der Waals surface area contributed by atoms with Crippen molar-refractivity contribution in [2.75, 3.05) is 13.2 Å². The molecule has 0 unspecified atom stereocenters. The highest BCUT2D eigenvalue weighted by molar-refractivity contribution is 5.75. The first-order chi connectivity index (χ1) is 4.48. The number of rotatable bonds is 2. The van der Waals surface area contributed by atoms with E-state index in [1.807, 2.05) is 0 Å². The maximum absolute atomic E-state index is 11.3. The molecular formula is C4H6F3NO2. The van der Waals surface area contributed by atoms with Crippen LogP contribution in [0, 0.1) is 0 Å². The Kier molecular flexibility index (Phi) is 3.14. The summed E-state index contributed by atoms with van der Waals surface area (Å²) in [5.41, 5.74) is 4.78. The largest absolute Gasteiger partial charge is 0.490 e. The Bertz CT molecular complexity index is 122. The average Bonchev–Trinajstić information content (AvgIpc) is 1.80. The van der Waals surface area contributed by atoms with Crippen LogP contribution in [-0.2, 0) is 9.53 Å². The molecule has 0 saturated carbocycles. The van der Waals surface area contributed by atoms with Gasteiger partial charge < -0.3 is 10.5 Å². The van der Waals surface area contributed by atoms with E-state index in [-0.39, 0.29) is 6.54 Å². The second-order valence-corrected chi connectivity index (χ2v) is 1.42. The second-order valence-electron chi connectivity index (χ2n) is 1.42. The zero-order valence-corrected chi connectivity index (χ0v) is 4.94. The van der Waals surface area contributed by atoms with Gasteiger partial charge in [-0.05, 0) is 0 Å². The molecule has 0 radical (unpaired) electrons. The van der Waals surface area contributed by atoms with Crippen molar-refractivity contribution in [2.45, 2.75) is 6.18 Å². The van der Waals surface area contributed by atoms with Crippen LogP contribution in [-0.4, -0.2) is 25.3 Å². The number of nitrogens with two attached hydrogens (primary N) is 1. The molecule has 10 heavy (non-hydrogen) atoms. The third kappa shape index (κ3) is 3.29. The van der Waals surface area contributed by atoms with Crippen LogP contribution in [0.3, 0.4) is 0 Å². The fourth-order valence-electron chi connectivity index (χ4n) is 0.233. The van der Waals surface area contributed by atoms with Gasteiger partial charge in [-0.1, -0.05) is 0 Å². The average molecular weight is 157 g/mol. The summed E-state index contributed by atoms with van der Waals surface area (Å²) in [5, 5.41) is 0. The van der Waals surface area contributed by atoms with Crippen LogP contribution >= 0.6 is 0 Å². The molecule has 0 spiro atoms. The Morgan fingerprint density at radius 2 is 2.00 bits per heavy atom. The number of carbonyl (C=O) groups is 1. The summed E-state index contributed by atoms with van der Waals surface area (Å²) in [6.07, 6.45) is -4.91. The summed E-state index contributed by atoms with van der Waals surface area (Å²) in [6.45, 7) is -0.514. The fourth-order valence-corrected chi connectivity index (χ4v) is 0.233. The predicted molar refractivity (Wildman–Crippen MR) is 26.1 cm³/mol. The minimum atomic E-state index is -4.91. The molecule has 0 saturated heterocycles. The van der Waals surface area contributed by atoms with Crippen LogP contribution in [0.15, 0.2) is 0 Å². The first-order valence-corrected chi connectivity index (χ1v) is 2.42. The van der Waals surface area contributed by atoms with Crippen molar-refractivity contribution >= 4 is 5.97 Å². The molecule has 0 rings (SSSR count). The second kappa shape index (κ2) is 3.40. The molecule has 0 aliphatic carbocycles. The number of hydrogen-bond acceptors (Lipinski definition) is 3. The normalized spacial score (nSPS) is 11.2. The van der Waals surface area contributed by atoms with Gasteiger partial charge in [-0.15, -0.1) is 0 Å². The van der Waals surface area contributed by atoms with Crippen LogP contribution < -0.4 is 5.73 Å². The van der Waals surface area contributed by atoms with Gasteiger partial charge in [0.15, 0.2) is 0 Å². The maximum atomic E-state index is 11.3. The standard InChI is InChI=1S/C4H6F3NO2/c5-4(6,7)3(9)10-2-1-8/h1-2,8H2. The molecule has 0 amide bonds. The van der Waals surface area contributed by atoms with E-state index in [1.165, 1.54) is 0 Å². The summed E-state index contributed by atoms with van der Waals surface area (Å²) in [7, 11) is 0. The van der Waals surface area contributed by atoms with Crippen molar-refractivity contribution in [2.24, 2.45) is 5.73 Å². The van der Waals surface area contributed by atoms with Crippen molar-refractivity contribution in [1.29, 1.82) is 0 Å². The summed E-state index contributed by atoms with van der Waals surface area (Å²) >= 11 is 0. The Labute approximate surface area is 54.9 Å². The van der Waals surface area contributed by atoms with Crippen molar-refractivity contribution in [3.8, 4) is 0 Å². The Morgan fingerprint density at radius 1 is 1.50 bits per heavy atom. The fraction of sp³-hybridized carbons (Fsp3) is 0.750. The summed E-state index contributed by atoms with van der Waals surface area (Å²) < 4.78 is 37.4. The van der Waals surface area contributed by atoms with Gasteiger partial charge in [0.1, 0.15) is 6.61 Å². The smallest absolute Gasteiger partial charge is 0.458 e. The molecule has 0 aliphatic rings. The minimum Gasteiger partial charge on any atom is -0.458 e. The zero-order valence-electron chi connectivity index (χ0n) is 4.94. The molecule has 0 aromatic carbocycles. The van der Waals surface area contributed by atoms with Gasteiger partial charge in [0.25, 0.3) is 0 Å². The lowest BCUT2D eigenvalue weighted by Crippen LogP contribution is -2.27. The van der Waals surface area contributed by atoms with E-state index in [0.29, 0.717) is 0 Å². The number of ether oxygens (including phenoxy) is 1. The van der Waals surface area contributed by atoms with Crippen molar-refractivity contribution in [3.05, 3.63) is 0 Å². The third-order valence-electron chi connectivity index (χ3n) is 0.582. The van der Waals surface area contributed by atoms with Crippen LogP contribution in [0.4, 0.5) is 13.2 Å². The minimum absolute atomic E-state index is 0.109. The number of hydrogen-bond donors (Lipinski definition) is 1. The third-order valence-corrected chi connectivity index (χ3v) is 0.582. The molecule has 0 aliphatic heterocycles. The SMILES string of the molecule is NCCOC(=O)C(F)(F)F. The van der Waals surface area contributed by atoms with E-state index in [0.717, 1.165) is 0 Å². The molecule has 0 aromatic heterocycles. The Morgan fingerprint density at radius 3 is 2.30 bits per heavy atom.